The van der Waals surface area contributed by atoms with Crippen molar-refractivity contribution in [2.75, 3.05) is 5.75 Å². The Balaban J connectivity index is 1.31. The average molecular weight is 402 g/mol. The van der Waals surface area contributed by atoms with Crippen molar-refractivity contribution in [3.63, 3.8) is 0 Å². The van der Waals surface area contributed by atoms with Crippen LogP contribution in [-0.2, 0) is 4.79 Å². The molecule has 0 saturated heterocycles. The zero-order valence-corrected chi connectivity index (χ0v) is 17.9. The minimum atomic E-state index is 0.0954. The van der Waals surface area contributed by atoms with Crippen molar-refractivity contribution in [2.45, 2.75) is 69.9 Å². The fourth-order valence-corrected chi connectivity index (χ4v) is 8.22. The summed E-state index contributed by atoms with van der Waals surface area (Å²) in [5.41, 5.74) is 1.34. The van der Waals surface area contributed by atoms with Crippen molar-refractivity contribution in [3.8, 4) is 0 Å². The number of amides is 1. The summed E-state index contributed by atoms with van der Waals surface area (Å²) in [6, 6.07) is 0. The highest BCUT2D eigenvalue weighted by Gasteiger charge is 2.51. The summed E-state index contributed by atoms with van der Waals surface area (Å²) >= 11 is 3.29. The van der Waals surface area contributed by atoms with E-state index in [9.17, 15) is 4.79 Å². The number of carbonyl (C=O) groups excluding carboxylic acids is 1. The molecule has 6 rings (SSSR count). The number of hydrogen-bond acceptors (Lipinski definition) is 5. The van der Waals surface area contributed by atoms with E-state index in [1.54, 1.807) is 23.1 Å². The van der Waals surface area contributed by atoms with Gasteiger partial charge in [0.15, 0.2) is 0 Å². The molecule has 4 fully saturated rings. The summed E-state index contributed by atoms with van der Waals surface area (Å²) in [7, 11) is 0. The van der Waals surface area contributed by atoms with E-state index in [4.69, 9.17) is 0 Å². The first-order valence-electron chi connectivity index (χ1n) is 10.1. The van der Waals surface area contributed by atoms with E-state index in [1.807, 2.05) is 6.92 Å². The van der Waals surface area contributed by atoms with Gasteiger partial charge in [0.05, 0.1) is 5.75 Å². The number of fused-ring (bicyclic) bond motifs is 1. The Morgan fingerprint density at radius 1 is 1.11 bits per heavy atom. The molecule has 144 valence electrons. The molecule has 0 unspecified atom stereocenters. The summed E-state index contributed by atoms with van der Waals surface area (Å²) in [6.07, 6.45) is 7.82. The number of aromatic nitrogens is 2. The van der Waals surface area contributed by atoms with Crippen LogP contribution in [0.2, 0.25) is 0 Å². The molecule has 6 heteroatoms. The predicted octanol–water partition coefficient (Wildman–Crippen LogP) is 4.79. The Kier molecular flexibility index (Phi) is 4.28. The molecule has 1 N–H and O–H groups in total. The monoisotopic (exact) mass is 401 g/mol. The lowest BCUT2D eigenvalue weighted by molar-refractivity contribution is -0.124. The zero-order valence-electron chi connectivity index (χ0n) is 16.3. The van der Waals surface area contributed by atoms with Crippen molar-refractivity contribution in [3.05, 3.63) is 16.3 Å². The van der Waals surface area contributed by atoms with E-state index in [0.717, 1.165) is 38.8 Å². The molecule has 2 aromatic rings. The fraction of sp³-hybridized carbons (Fsp3) is 0.667. The van der Waals surface area contributed by atoms with E-state index in [2.05, 4.69) is 29.1 Å². The van der Waals surface area contributed by atoms with Gasteiger partial charge in [0.25, 0.3) is 0 Å². The summed E-state index contributed by atoms with van der Waals surface area (Å²) in [5, 5.41) is 5.57. The molecule has 4 saturated carbocycles. The molecule has 4 aliphatic rings. The van der Waals surface area contributed by atoms with Crippen LogP contribution < -0.4 is 5.32 Å². The number of thiophene rings is 1. The van der Waals surface area contributed by atoms with Gasteiger partial charge >= 0.3 is 0 Å². The second kappa shape index (κ2) is 6.45. The molecule has 0 aromatic carbocycles. The lowest BCUT2D eigenvalue weighted by atomic mass is 9.53. The van der Waals surface area contributed by atoms with Crippen LogP contribution in [0.3, 0.4) is 0 Å². The average Bonchev–Trinajstić information content (AvgIpc) is 2.85. The van der Waals surface area contributed by atoms with Crippen LogP contribution in [0, 0.1) is 38.5 Å². The SMILES string of the molecule is Cc1nc(SCC(=O)NC23CC4CC(CC(C4)C2)C3)c2c(C)c(C)sc2n1. The number of carbonyl (C=O) groups is 1. The zero-order chi connectivity index (χ0) is 18.8. The van der Waals surface area contributed by atoms with Gasteiger partial charge in [-0.1, -0.05) is 11.8 Å². The molecule has 2 heterocycles. The van der Waals surface area contributed by atoms with Crippen LogP contribution in [-0.4, -0.2) is 27.2 Å². The first-order valence-corrected chi connectivity index (χ1v) is 11.9. The minimum absolute atomic E-state index is 0.0954. The number of nitrogens with zero attached hydrogens (tertiary/aromatic N) is 2. The Bertz CT molecular complexity index is 884. The third-order valence-electron chi connectivity index (χ3n) is 6.89. The normalized spacial score (nSPS) is 31.6. The smallest absolute Gasteiger partial charge is 0.230 e. The summed E-state index contributed by atoms with van der Waals surface area (Å²) in [6.45, 7) is 6.20. The first kappa shape index (κ1) is 17.9. The lowest BCUT2D eigenvalue weighted by Crippen LogP contribution is -2.60. The van der Waals surface area contributed by atoms with Crippen LogP contribution in [0.5, 0.6) is 0 Å². The molecule has 0 spiro atoms. The molecule has 1 amide bonds. The van der Waals surface area contributed by atoms with Crippen LogP contribution in [0.25, 0.3) is 10.2 Å². The molecule has 4 nitrogen and oxygen atoms in total. The van der Waals surface area contributed by atoms with E-state index in [0.29, 0.717) is 5.75 Å². The standard InChI is InChI=1S/C21H27N3OS2/c1-11-12(2)27-20-18(11)19(22-13(3)23-20)26-10-17(25)24-21-7-14-4-15(8-21)6-16(5-14)9-21/h14-16H,4-10H2,1-3H3,(H,24,25). The maximum Gasteiger partial charge on any atom is 0.230 e. The van der Waals surface area contributed by atoms with Crippen molar-refractivity contribution in [1.82, 2.24) is 15.3 Å². The van der Waals surface area contributed by atoms with Crippen molar-refractivity contribution >= 4 is 39.2 Å². The van der Waals surface area contributed by atoms with Crippen molar-refractivity contribution in [2.24, 2.45) is 17.8 Å². The van der Waals surface area contributed by atoms with Gasteiger partial charge < -0.3 is 5.32 Å². The highest BCUT2D eigenvalue weighted by molar-refractivity contribution is 8.00. The van der Waals surface area contributed by atoms with Gasteiger partial charge in [0.1, 0.15) is 15.7 Å². The second-order valence-corrected chi connectivity index (χ2v) is 11.2. The van der Waals surface area contributed by atoms with Crippen LogP contribution in [0.4, 0.5) is 0 Å². The first-order chi connectivity index (χ1) is 12.9. The number of aryl methyl sites for hydroxylation is 3. The van der Waals surface area contributed by atoms with E-state index < -0.39 is 0 Å². The Morgan fingerprint density at radius 2 is 1.74 bits per heavy atom. The molecule has 0 aliphatic heterocycles. The van der Waals surface area contributed by atoms with Crippen molar-refractivity contribution < 1.29 is 4.79 Å². The quantitative estimate of drug-likeness (QED) is 0.591. The lowest BCUT2D eigenvalue weighted by Gasteiger charge is -2.56. The summed E-state index contributed by atoms with van der Waals surface area (Å²) < 4.78 is 0. The van der Waals surface area contributed by atoms with Gasteiger partial charge in [0.2, 0.25) is 5.91 Å². The number of hydrogen-bond donors (Lipinski definition) is 1. The van der Waals surface area contributed by atoms with Gasteiger partial charge in [-0.25, -0.2) is 9.97 Å². The van der Waals surface area contributed by atoms with Gasteiger partial charge in [-0.3, -0.25) is 4.79 Å². The van der Waals surface area contributed by atoms with Crippen LogP contribution in [0.1, 0.15) is 54.8 Å². The molecule has 4 aliphatic carbocycles. The maximum absolute atomic E-state index is 12.8. The van der Waals surface area contributed by atoms with E-state index in [-0.39, 0.29) is 11.4 Å². The number of rotatable bonds is 4. The number of nitrogens with one attached hydrogen (secondary N) is 1. The minimum Gasteiger partial charge on any atom is -0.350 e. The Hall–Kier alpha value is -1.14. The predicted molar refractivity (Wildman–Crippen MR) is 111 cm³/mol. The van der Waals surface area contributed by atoms with Crippen LogP contribution in [0.15, 0.2) is 5.03 Å². The summed E-state index contributed by atoms with van der Waals surface area (Å²) in [5.74, 6) is 3.96. The molecule has 0 atom stereocenters. The highest BCUT2D eigenvalue weighted by atomic mass is 32.2. The maximum atomic E-state index is 12.8. The molecular weight excluding hydrogens is 374 g/mol. The summed E-state index contributed by atoms with van der Waals surface area (Å²) in [4.78, 5) is 24.4. The highest BCUT2D eigenvalue weighted by Crippen LogP contribution is 2.55. The molecule has 2 aromatic heterocycles. The third kappa shape index (κ3) is 3.19. The Labute approximate surface area is 168 Å². The largest absolute Gasteiger partial charge is 0.350 e. The Morgan fingerprint density at radius 3 is 2.37 bits per heavy atom. The van der Waals surface area contributed by atoms with Crippen LogP contribution >= 0.6 is 23.1 Å². The fourth-order valence-electron chi connectivity index (χ4n) is 6.15. The van der Waals surface area contributed by atoms with Gasteiger partial charge in [-0.05, 0) is 82.6 Å². The van der Waals surface area contributed by atoms with Crippen molar-refractivity contribution in [1.29, 1.82) is 0 Å². The molecule has 4 bridgehead atoms. The molecule has 0 radical (unpaired) electrons. The molecular formula is C21H27N3OS2. The second-order valence-electron chi connectivity index (χ2n) is 9.07. The van der Waals surface area contributed by atoms with E-state index >= 15 is 0 Å². The van der Waals surface area contributed by atoms with Gasteiger partial charge in [-0.2, -0.15) is 0 Å². The van der Waals surface area contributed by atoms with Gasteiger partial charge in [-0.15, -0.1) is 11.3 Å². The number of thioether (sulfide) groups is 1. The van der Waals surface area contributed by atoms with E-state index in [1.165, 1.54) is 49.0 Å². The van der Waals surface area contributed by atoms with Gasteiger partial charge in [0, 0.05) is 15.8 Å². The molecule has 27 heavy (non-hydrogen) atoms. The third-order valence-corrected chi connectivity index (χ3v) is 8.97. The topological polar surface area (TPSA) is 54.9 Å².